The second-order valence-electron chi connectivity index (χ2n) is 8.87. The van der Waals surface area contributed by atoms with Crippen LogP contribution in [0.5, 0.6) is 11.5 Å². The highest BCUT2D eigenvalue weighted by Crippen LogP contribution is 2.36. The Morgan fingerprint density at radius 3 is 2.45 bits per heavy atom. The van der Waals surface area contributed by atoms with E-state index in [0.29, 0.717) is 35.0 Å². The Morgan fingerprint density at radius 2 is 1.82 bits per heavy atom. The third-order valence-electron chi connectivity index (χ3n) is 6.32. The summed E-state index contributed by atoms with van der Waals surface area (Å²) in [6, 6.07) is 14.0. The summed E-state index contributed by atoms with van der Waals surface area (Å²) in [7, 11) is 1.57. The minimum atomic E-state index is -0.561. The molecule has 38 heavy (non-hydrogen) atoms. The van der Waals surface area contributed by atoms with Crippen LogP contribution in [-0.4, -0.2) is 57.4 Å². The number of nitrogens with zero attached hydrogens (tertiary/aromatic N) is 1. The number of amides is 2. The van der Waals surface area contributed by atoms with E-state index in [4.69, 9.17) is 18.9 Å². The molecule has 2 amide bonds. The summed E-state index contributed by atoms with van der Waals surface area (Å²) >= 11 is 0. The maximum Gasteiger partial charge on any atom is 0.340 e. The van der Waals surface area contributed by atoms with Crippen LogP contribution in [0.2, 0.25) is 0 Å². The van der Waals surface area contributed by atoms with Crippen LogP contribution in [0.25, 0.3) is 6.08 Å². The quantitative estimate of drug-likeness (QED) is 0.377. The first-order chi connectivity index (χ1) is 18.4. The van der Waals surface area contributed by atoms with Gasteiger partial charge in [0.1, 0.15) is 11.5 Å². The Hall–Kier alpha value is -4.11. The first kappa shape index (κ1) is 26.9. The molecule has 0 radical (unpaired) electrons. The maximum atomic E-state index is 13.5. The van der Waals surface area contributed by atoms with Crippen LogP contribution in [-0.2, 0) is 23.9 Å². The molecule has 2 aromatic rings. The van der Waals surface area contributed by atoms with E-state index in [1.807, 2.05) is 0 Å². The molecule has 0 aliphatic carbocycles. The number of methoxy groups -OCH3 is 1. The molecule has 1 saturated heterocycles. The van der Waals surface area contributed by atoms with Crippen LogP contribution in [0, 0.1) is 0 Å². The van der Waals surface area contributed by atoms with E-state index in [1.54, 1.807) is 75.6 Å². The van der Waals surface area contributed by atoms with Crippen LogP contribution < -0.4 is 19.7 Å². The van der Waals surface area contributed by atoms with Gasteiger partial charge in [-0.15, -0.1) is 0 Å². The van der Waals surface area contributed by atoms with Gasteiger partial charge in [-0.1, -0.05) is 12.1 Å². The van der Waals surface area contributed by atoms with Crippen LogP contribution in [0.3, 0.4) is 0 Å². The van der Waals surface area contributed by atoms with Crippen LogP contribution >= 0.6 is 0 Å². The number of esters is 1. The van der Waals surface area contributed by atoms with Gasteiger partial charge in [0, 0.05) is 24.5 Å². The molecule has 2 aliphatic rings. The molecule has 2 heterocycles. The standard InChI is InChI=1S/C29H32N2O7/c1-4-36-29(34)27-19(2)31(21-9-13-22(35-3)14-10-21)28(33)25(27)16-20-7-11-23(12-8-20)38-18-26(32)30-17-24-6-5-15-37-24/h7-14,16,24H,4-6,15,17-18H2,1-3H3,(H,30,32)/b25-16-/t24-/m1/s1. The number of allylic oxidation sites excluding steroid dienone is 1. The summed E-state index contributed by atoms with van der Waals surface area (Å²) in [6.07, 6.45) is 3.69. The topological polar surface area (TPSA) is 103 Å². The van der Waals surface area contributed by atoms with Crippen molar-refractivity contribution >= 4 is 29.5 Å². The van der Waals surface area contributed by atoms with Crippen molar-refractivity contribution < 1.29 is 33.3 Å². The number of hydrogen-bond acceptors (Lipinski definition) is 7. The number of ether oxygens (including phenoxy) is 4. The lowest BCUT2D eigenvalue weighted by atomic mass is 10.0. The molecule has 200 valence electrons. The minimum Gasteiger partial charge on any atom is -0.497 e. The predicted octanol–water partition coefficient (Wildman–Crippen LogP) is 3.64. The number of benzene rings is 2. The smallest absolute Gasteiger partial charge is 0.340 e. The Labute approximate surface area is 222 Å². The number of rotatable bonds is 10. The molecule has 1 atom stereocenters. The number of hydrogen-bond donors (Lipinski definition) is 1. The largest absolute Gasteiger partial charge is 0.497 e. The zero-order valence-corrected chi connectivity index (χ0v) is 21.8. The molecule has 2 aromatic carbocycles. The fraction of sp³-hybridized carbons (Fsp3) is 0.345. The van der Waals surface area contributed by atoms with Crippen molar-refractivity contribution in [2.75, 3.05) is 38.4 Å². The van der Waals surface area contributed by atoms with E-state index in [-0.39, 0.29) is 42.3 Å². The van der Waals surface area contributed by atoms with E-state index >= 15 is 0 Å². The molecule has 4 rings (SSSR count). The second kappa shape index (κ2) is 12.4. The third kappa shape index (κ3) is 6.23. The third-order valence-corrected chi connectivity index (χ3v) is 6.32. The highest BCUT2D eigenvalue weighted by atomic mass is 16.5. The number of nitrogens with one attached hydrogen (secondary N) is 1. The zero-order valence-electron chi connectivity index (χ0n) is 21.8. The van der Waals surface area contributed by atoms with Crippen molar-refractivity contribution in [3.8, 4) is 11.5 Å². The summed E-state index contributed by atoms with van der Waals surface area (Å²) in [4.78, 5) is 39.9. The lowest BCUT2D eigenvalue weighted by molar-refractivity contribution is -0.138. The number of carbonyl (C=O) groups excluding carboxylic acids is 3. The fourth-order valence-corrected chi connectivity index (χ4v) is 4.38. The second-order valence-corrected chi connectivity index (χ2v) is 8.87. The molecule has 9 heteroatoms. The van der Waals surface area contributed by atoms with Gasteiger partial charge in [0.25, 0.3) is 11.8 Å². The van der Waals surface area contributed by atoms with E-state index in [0.717, 1.165) is 19.4 Å². The van der Waals surface area contributed by atoms with Crippen LogP contribution in [0.1, 0.15) is 32.3 Å². The maximum absolute atomic E-state index is 13.5. The molecule has 0 bridgehead atoms. The van der Waals surface area contributed by atoms with Crippen molar-refractivity contribution in [3.05, 3.63) is 70.9 Å². The Bertz CT molecular complexity index is 1230. The normalized spacial score (nSPS) is 18.2. The van der Waals surface area contributed by atoms with Gasteiger partial charge in [-0.3, -0.25) is 14.5 Å². The van der Waals surface area contributed by atoms with Gasteiger partial charge in [0.2, 0.25) is 0 Å². The summed E-state index contributed by atoms with van der Waals surface area (Å²) in [5, 5.41) is 2.82. The van der Waals surface area contributed by atoms with Crippen molar-refractivity contribution in [1.82, 2.24) is 5.32 Å². The number of anilines is 1. The van der Waals surface area contributed by atoms with Crippen LogP contribution in [0.4, 0.5) is 5.69 Å². The minimum absolute atomic E-state index is 0.0717. The van der Waals surface area contributed by atoms with E-state index < -0.39 is 5.97 Å². The molecule has 0 spiro atoms. The van der Waals surface area contributed by atoms with E-state index in [2.05, 4.69) is 5.32 Å². The Balaban J connectivity index is 1.48. The van der Waals surface area contributed by atoms with E-state index in [9.17, 15) is 14.4 Å². The molecule has 2 aliphatic heterocycles. The first-order valence-electron chi connectivity index (χ1n) is 12.6. The van der Waals surface area contributed by atoms with Gasteiger partial charge in [-0.25, -0.2) is 4.79 Å². The Morgan fingerprint density at radius 1 is 1.11 bits per heavy atom. The first-order valence-corrected chi connectivity index (χ1v) is 12.6. The van der Waals surface area contributed by atoms with Gasteiger partial charge in [-0.05, 0) is 74.7 Å². The fourth-order valence-electron chi connectivity index (χ4n) is 4.38. The SMILES string of the molecule is CCOC(=O)C1=C(C)N(c2ccc(OC)cc2)C(=O)/C1=C\c1ccc(OCC(=O)NC[C@H]2CCCO2)cc1. The van der Waals surface area contributed by atoms with Crippen molar-refractivity contribution in [2.45, 2.75) is 32.8 Å². The molecule has 0 aromatic heterocycles. The molecule has 0 unspecified atom stereocenters. The molecule has 0 saturated carbocycles. The molecular formula is C29H32N2O7. The summed E-state index contributed by atoms with van der Waals surface area (Å²) < 4.78 is 21.6. The van der Waals surface area contributed by atoms with Gasteiger partial charge in [0.15, 0.2) is 6.61 Å². The number of carbonyl (C=O) groups is 3. The van der Waals surface area contributed by atoms with Gasteiger partial charge < -0.3 is 24.3 Å². The lowest BCUT2D eigenvalue weighted by Crippen LogP contribution is -2.35. The Kier molecular flexibility index (Phi) is 8.81. The average molecular weight is 521 g/mol. The van der Waals surface area contributed by atoms with Crippen molar-refractivity contribution in [3.63, 3.8) is 0 Å². The summed E-state index contributed by atoms with van der Waals surface area (Å²) in [5.41, 5.74) is 2.24. The van der Waals surface area contributed by atoms with Crippen molar-refractivity contribution in [2.24, 2.45) is 0 Å². The molecule has 1 fully saturated rings. The van der Waals surface area contributed by atoms with Gasteiger partial charge in [-0.2, -0.15) is 0 Å². The average Bonchev–Trinajstić information content (AvgIpc) is 3.53. The molecule has 9 nitrogen and oxygen atoms in total. The van der Waals surface area contributed by atoms with Crippen LogP contribution in [0.15, 0.2) is 65.4 Å². The van der Waals surface area contributed by atoms with Gasteiger partial charge in [0.05, 0.1) is 31.0 Å². The van der Waals surface area contributed by atoms with Crippen molar-refractivity contribution in [1.29, 1.82) is 0 Å². The lowest BCUT2D eigenvalue weighted by Gasteiger charge is -2.18. The molecule has 1 N–H and O–H groups in total. The summed E-state index contributed by atoms with van der Waals surface area (Å²) in [5.74, 6) is 0.0514. The zero-order chi connectivity index (χ0) is 27.1. The summed E-state index contributed by atoms with van der Waals surface area (Å²) in [6.45, 7) is 4.73. The predicted molar refractivity (Wildman–Crippen MR) is 142 cm³/mol. The highest BCUT2D eigenvalue weighted by Gasteiger charge is 2.38. The monoisotopic (exact) mass is 520 g/mol. The van der Waals surface area contributed by atoms with Gasteiger partial charge >= 0.3 is 5.97 Å². The molecular weight excluding hydrogens is 488 g/mol. The highest BCUT2D eigenvalue weighted by molar-refractivity contribution is 6.23. The van der Waals surface area contributed by atoms with E-state index in [1.165, 1.54) is 4.90 Å².